The molecule has 3 aliphatic heterocycles. The minimum absolute atomic E-state index is 0.0715. The van der Waals surface area contributed by atoms with Crippen molar-refractivity contribution in [1.29, 1.82) is 0 Å². The molecule has 11 nitrogen and oxygen atoms in total. The van der Waals surface area contributed by atoms with Crippen LogP contribution < -0.4 is 26.0 Å². The molecule has 2 saturated heterocycles. The third-order valence-electron chi connectivity index (χ3n) is 10.3. The number of thioether (sulfide) groups is 1. The molecule has 0 saturated carbocycles. The van der Waals surface area contributed by atoms with Gasteiger partial charge in [-0.2, -0.15) is 16.9 Å². The second-order valence-electron chi connectivity index (χ2n) is 13.9. The zero-order valence-electron chi connectivity index (χ0n) is 29.8. The van der Waals surface area contributed by atoms with Crippen LogP contribution in [0, 0.1) is 0 Å². The van der Waals surface area contributed by atoms with Gasteiger partial charge in [0.2, 0.25) is 0 Å². The molecule has 0 aliphatic carbocycles. The molecule has 274 valence electrons. The molecule has 4 N–H and O–H groups in total. The number of hydrogen-bond donors (Lipinski definition) is 4. The zero-order chi connectivity index (χ0) is 37.1. The number of carbonyl (C=O) groups is 2. The van der Waals surface area contributed by atoms with Gasteiger partial charge in [-0.15, -0.1) is 15.3 Å². The average molecular weight is 747 g/mol. The molecule has 2 fully saturated rings. The minimum atomic E-state index is -0.237. The van der Waals surface area contributed by atoms with Gasteiger partial charge in [0.1, 0.15) is 11.9 Å². The van der Waals surface area contributed by atoms with Gasteiger partial charge in [0.15, 0.2) is 0 Å². The number of urea groups is 1. The van der Waals surface area contributed by atoms with E-state index in [-0.39, 0.29) is 30.2 Å². The van der Waals surface area contributed by atoms with Crippen LogP contribution in [0.1, 0.15) is 37.4 Å². The van der Waals surface area contributed by atoms with E-state index < -0.39 is 0 Å². The van der Waals surface area contributed by atoms with Crippen molar-refractivity contribution in [3.8, 4) is 5.75 Å². The number of nitrogens with zero attached hydrogens (tertiary/aromatic N) is 4. The van der Waals surface area contributed by atoms with Gasteiger partial charge in [0.25, 0.3) is 0 Å². The van der Waals surface area contributed by atoms with Crippen molar-refractivity contribution in [3.63, 3.8) is 0 Å². The fourth-order valence-electron chi connectivity index (χ4n) is 7.56. The Labute approximate surface area is 322 Å². The summed E-state index contributed by atoms with van der Waals surface area (Å²) in [5.74, 6) is 1.22. The number of amides is 2. The van der Waals surface area contributed by atoms with E-state index in [0.29, 0.717) is 17.4 Å². The number of hydrogen-bond acceptors (Lipinski definition) is 10. The van der Waals surface area contributed by atoms with Gasteiger partial charge in [-0.25, -0.2) is 4.79 Å². The second kappa shape index (κ2) is 15.2. The number of anilines is 2. The van der Waals surface area contributed by atoms with Crippen molar-refractivity contribution in [2.75, 3.05) is 16.4 Å². The van der Waals surface area contributed by atoms with Crippen LogP contribution in [0.4, 0.5) is 38.9 Å². The highest BCUT2D eigenvalue weighted by atomic mass is 32.2. The number of unbranched alkanes of at least 4 members (excludes halogenated alkanes) is 1. The van der Waals surface area contributed by atoms with E-state index in [0.717, 1.165) is 86.2 Å². The highest BCUT2D eigenvalue weighted by molar-refractivity contribution is 8.00. The van der Waals surface area contributed by atoms with E-state index in [1.165, 1.54) is 0 Å². The van der Waals surface area contributed by atoms with Gasteiger partial charge in [0.05, 0.1) is 34.8 Å². The third kappa shape index (κ3) is 7.33. The summed E-state index contributed by atoms with van der Waals surface area (Å²) in [4.78, 5) is 24.2. The molecule has 0 aromatic heterocycles. The van der Waals surface area contributed by atoms with Crippen LogP contribution in [0.5, 0.6) is 5.75 Å². The van der Waals surface area contributed by atoms with Gasteiger partial charge in [-0.3, -0.25) is 4.79 Å². The number of rotatable bonds is 11. The molecule has 4 atom stereocenters. The van der Waals surface area contributed by atoms with Crippen molar-refractivity contribution in [2.24, 2.45) is 20.5 Å². The molecule has 2 amide bonds. The normalized spacial score (nSPS) is 20.0. The Morgan fingerprint density at radius 3 is 2.07 bits per heavy atom. The molecular weight excluding hydrogens is 709 g/mol. The Kier molecular flexibility index (Phi) is 9.55. The van der Waals surface area contributed by atoms with Crippen LogP contribution >= 0.6 is 11.8 Å². The Balaban J connectivity index is 0.840. The lowest BCUT2D eigenvalue weighted by atomic mass is 10.0. The molecule has 0 radical (unpaired) electrons. The van der Waals surface area contributed by atoms with Crippen LogP contribution in [-0.4, -0.2) is 35.1 Å². The van der Waals surface area contributed by atoms with Crippen LogP contribution in [0.2, 0.25) is 0 Å². The Hall–Kier alpha value is -6.27. The Bertz CT molecular complexity index is 2450. The van der Waals surface area contributed by atoms with Gasteiger partial charge in [0, 0.05) is 50.3 Å². The molecule has 6 aromatic carbocycles. The fraction of sp³-hybridized carbons (Fsp3) is 0.209. The number of ether oxygens (including phenoxy) is 1. The standard InChI is InChI=1S/C43H38N8O3S/c52-39(16-7-6-15-38-41-37(25-55-38)46-43(53)47-41)54-28-19-17-26(18-20-28)42-44-35-14-8-13-31-34(23-24-36(45-42)40(31)35)51-50-33-22-21-32(29-11-4-5-12-30(29)33)49-48-27-9-2-1-3-10-27/h1-5,8-14,17-24,37-38,41-42,44-45H,6-7,15-16,25H2,(H2,46,47,53)/b49-48+,51-50+/t37-,38-,41-,42?/m1/s1. The van der Waals surface area contributed by atoms with Crippen LogP contribution in [0.15, 0.2) is 142 Å². The number of azo groups is 2. The van der Waals surface area contributed by atoms with Crippen LogP contribution in [0.25, 0.3) is 21.5 Å². The molecule has 0 bridgehead atoms. The zero-order valence-corrected chi connectivity index (χ0v) is 30.6. The molecule has 55 heavy (non-hydrogen) atoms. The third-order valence-corrected chi connectivity index (χ3v) is 11.8. The first-order valence-corrected chi connectivity index (χ1v) is 19.6. The number of carbonyl (C=O) groups excluding carboxylic acids is 2. The summed E-state index contributed by atoms with van der Waals surface area (Å²) in [5, 5.41) is 36.0. The number of benzene rings is 6. The van der Waals surface area contributed by atoms with Crippen molar-refractivity contribution in [2.45, 2.75) is 49.2 Å². The molecule has 1 unspecified atom stereocenters. The number of esters is 1. The summed E-state index contributed by atoms with van der Waals surface area (Å²) in [6, 6.07) is 39.7. The molecule has 0 spiro atoms. The van der Waals surface area contributed by atoms with E-state index in [1.807, 2.05) is 121 Å². The van der Waals surface area contributed by atoms with E-state index in [2.05, 4.69) is 43.6 Å². The predicted molar refractivity (Wildman–Crippen MR) is 219 cm³/mol. The highest BCUT2D eigenvalue weighted by Crippen LogP contribution is 2.43. The van der Waals surface area contributed by atoms with Crippen molar-refractivity contribution in [3.05, 3.63) is 127 Å². The lowest BCUT2D eigenvalue weighted by Gasteiger charge is -2.30. The average Bonchev–Trinajstić information content (AvgIpc) is 3.78. The van der Waals surface area contributed by atoms with E-state index in [4.69, 9.17) is 15.0 Å². The fourth-order valence-corrected chi connectivity index (χ4v) is 9.10. The SMILES string of the molecule is O=C1N[C@@H]2[C@@H](CS[C@@H]2CCCCC(=O)Oc2ccc(C3Nc4cccc5c(/N=N/c6ccc(/N=N/c7ccccc7)c7ccccc67)ccc(c45)N3)cc2)N1. The first-order valence-electron chi connectivity index (χ1n) is 18.5. The number of nitrogens with one attached hydrogen (secondary N) is 4. The van der Waals surface area contributed by atoms with Crippen LogP contribution in [-0.2, 0) is 4.79 Å². The van der Waals surface area contributed by atoms with Gasteiger partial charge < -0.3 is 26.0 Å². The van der Waals surface area contributed by atoms with Crippen molar-refractivity contribution < 1.29 is 14.3 Å². The summed E-state index contributed by atoms with van der Waals surface area (Å²) < 4.78 is 5.66. The van der Waals surface area contributed by atoms with E-state index >= 15 is 0 Å². The van der Waals surface area contributed by atoms with E-state index in [1.54, 1.807) is 0 Å². The first-order chi connectivity index (χ1) is 27.1. The molecule has 12 heteroatoms. The maximum absolute atomic E-state index is 12.6. The van der Waals surface area contributed by atoms with Crippen LogP contribution in [0.3, 0.4) is 0 Å². The summed E-state index contributed by atoms with van der Waals surface area (Å²) in [6.45, 7) is 0. The quantitative estimate of drug-likeness (QED) is 0.0342. The van der Waals surface area contributed by atoms with Crippen molar-refractivity contribution in [1.82, 2.24) is 10.6 Å². The monoisotopic (exact) mass is 746 g/mol. The summed E-state index contributed by atoms with van der Waals surface area (Å²) >= 11 is 1.89. The lowest BCUT2D eigenvalue weighted by molar-refractivity contribution is -0.134. The topological polar surface area (TPSA) is 141 Å². The summed E-state index contributed by atoms with van der Waals surface area (Å²) in [6.07, 6.45) is 2.81. The highest BCUT2D eigenvalue weighted by Gasteiger charge is 2.42. The minimum Gasteiger partial charge on any atom is -0.427 e. The largest absolute Gasteiger partial charge is 0.427 e. The first kappa shape index (κ1) is 34.5. The molecule has 9 rings (SSSR count). The van der Waals surface area contributed by atoms with E-state index in [9.17, 15) is 9.59 Å². The van der Waals surface area contributed by atoms with Crippen molar-refractivity contribution >= 4 is 79.4 Å². The number of fused-ring (bicyclic) bond motifs is 2. The maximum Gasteiger partial charge on any atom is 0.315 e. The smallest absolute Gasteiger partial charge is 0.315 e. The Morgan fingerprint density at radius 1 is 0.655 bits per heavy atom. The Morgan fingerprint density at radius 2 is 1.31 bits per heavy atom. The summed E-state index contributed by atoms with van der Waals surface area (Å²) in [7, 11) is 0. The maximum atomic E-state index is 12.6. The molecule has 3 aliphatic rings. The van der Waals surface area contributed by atoms with Gasteiger partial charge in [-0.1, -0.05) is 73.2 Å². The molecule has 6 aromatic rings. The lowest BCUT2D eigenvalue weighted by Crippen LogP contribution is -2.36. The van der Waals surface area contributed by atoms with Gasteiger partial charge in [-0.05, 0) is 73.0 Å². The summed E-state index contributed by atoms with van der Waals surface area (Å²) in [5.41, 5.74) is 6.04. The van der Waals surface area contributed by atoms with Gasteiger partial charge >= 0.3 is 12.0 Å². The predicted octanol–water partition coefficient (Wildman–Crippen LogP) is 11.0. The second-order valence-corrected chi connectivity index (χ2v) is 15.1. The molecular formula is C43H38N8O3S. The molecule has 3 heterocycles.